The lowest BCUT2D eigenvalue weighted by Crippen LogP contribution is -2.41. The van der Waals surface area contributed by atoms with E-state index in [0.29, 0.717) is 0 Å². The normalized spacial score (nSPS) is 17.8. The van der Waals surface area contributed by atoms with Crippen LogP contribution in [-0.4, -0.2) is 5.54 Å². The smallest absolute Gasteiger partial charge is 0.0712 e. The van der Waals surface area contributed by atoms with Gasteiger partial charge in [0.25, 0.3) is 0 Å². The van der Waals surface area contributed by atoms with E-state index in [4.69, 9.17) is 0 Å². The van der Waals surface area contributed by atoms with Crippen LogP contribution in [0.15, 0.2) is 218 Å². The zero-order valence-corrected chi connectivity index (χ0v) is 34.3. The van der Waals surface area contributed by atoms with Crippen molar-refractivity contribution in [1.29, 1.82) is 0 Å². The van der Waals surface area contributed by atoms with Gasteiger partial charge in [0.15, 0.2) is 0 Å². The maximum Gasteiger partial charge on any atom is 0.0712 e. The molecule has 3 aliphatic rings. The molecule has 2 heteroatoms. The quantitative estimate of drug-likeness (QED) is 0.159. The number of anilines is 5. The van der Waals surface area contributed by atoms with E-state index in [1.807, 2.05) is 0 Å². The fourth-order valence-corrected chi connectivity index (χ4v) is 10.2. The van der Waals surface area contributed by atoms with E-state index < -0.39 is 0 Å². The topological polar surface area (TPSA) is 6.48 Å². The first-order valence-electron chi connectivity index (χ1n) is 21.1. The van der Waals surface area contributed by atoms with Crippen molar-refractivity contribution < 1.29 is 0 Å². The summed E-state index contributed by atoms with van der Waals surface area (Å²) in [5.74, 6) is 0.231. The van der Waals surface area contributed by atoms with Gasteiger partial charge >= 0.3 is 0 Å². The summed E-state index contributed by atoms with van der Waals surface area (Å²) >= 11 is 0. The van der Waals surface area contributed by atoms with Crippen LogP contribution in [0.5, 0.6) is 0 Å². The third kappa shape index (κ3) is 5.78. The minimum absolute atomic E-state index is 0.0463. The van der Waals surface area contributed by atoms with Crippen molar-refractivity contribution in [2.24, 2.45) is 0 Å². The maximum atomic E-state index is 2.53. The number of hydrogen-bond donors (Lipinski definition) is 0. The van der Waals surface area contributed by atoms with Gasteiger partial charge < -0.3 is 9.80 Å². The van der Waals surface area contributed by atoms with Crippen LogP contribution >= 0.6 is 0 Å². The Morgan fingerprint density at radius 3 is 1.60 bits per heavy atom. The molecule has 8 aromatic rings. The average molecular weight is 771 g/mol. The summed E-state index contributed by atoms with van der Waals surface area (Å²) in [6, 6.07) is 71.4. The Kier molecular flexibility index (Phi) is 8.39. The fourth-order valence-electron chi connectivity index (χ4n) is 10.2. The largest absolute Gasteiger partial charge is 0.331 e. The highest BCUT2D eigenvalue weighted by atomic mass is 15.2. The molecule has 2 nitrogen and oxygen atoms in total. The molecule has 0 spiro atoms. The van der Waals surface area contributed by atoms with Gasteiger partial charge in [0, 0.05) is 39.8 Å². The molecule has 0 radical (unpaired) electrons. The lowest BCUT2D eigenvalue weighted by molar-refractivity contribution is 0.542. The Balaban J connectivity index is 0.962. The van der Waals surface area contributed by atoms with Crippen molar-refractivity contribution in [3.63, 3.8) is 0 Å². The highest BCUT2D eigenvalue weighted by Gasteiger charge is 2.47. The monoisotopic (exact) mass is 770 g/mol. The van der Waals surface area contributed by atoms with Gasteiger partial charge in [-0.05, 0) is 129 Å². The lowest BCUT2D eigenvalue weighted by atomic mass is 9.80. The van der Waals surface area contributed by atoms with Crippen LogP contribution in [-0.2, 0) is 5.41 Å². The van der Waals surface area contributed by atoms with Crippen molar-refractivity contribution in [2.45, 2.75) is 37.6 Å². The second-order valence-electron chi connectivity index (χ2n) is 17.2. The third-order valence-corrected chi connectivity index (χ3v) is 13.3. The first-order chi connectivity index (χ1) is 29.4. The van der Waals surface area contributed by atoms with Crippen LogP contribution in [0.3, 0.4) is 0 Å². The van der Waals surface area contributed by atoms with Gasteiger partial charge in [0.05, 0.1) is 5.54 Å². The summed E-state index contributed by atoms with van der Waals surface area (Å²) in [6.07, 6.45) is 9.16. The number of benzene rings is 8. The van der Waals surface area contributed by atoms with E-state index in [1.54, 1.807) is 0 Å². The van der Waals surface area contributed by atoms with E-state index >= 15 is 0 Å². The molecule has 0 saturated heterocycles. The van der Waals surface area contributed by atoms with Crippen LogP contribution in [0.25, 0.3) is 44.5 Å². The average Bonchev–Trinajstić information content (AvgIpc) is 3.70. The summed E-state index contributed by atoms with van der Waals surface area (Å²) in [6.45, 7) is 7.06. The van der Waals surface area contributed by atoms with Crippen LogP contribution in [0.4, 0.5) is 28.4 Å². The second-order valence-corrected chi connectivity index (χ2v) is 17.2. The molecule has 8 aromatic carbocycles. The molecule has 0 amide bonds. The molecule has 1 aliphatic heterocycles. The van der Waals surface area contributed by atoms with Crippen molar-refractivity contribution >= 4 is 28.4 Å². The number of nitrogens with zero attached hydrogens (tertiary/aromatic N) is 2. The Morgan fingerprint density at radius 1 is 0.433 bits per heavy atom. The summed E-state index contributed by atoms with van der Waals surface area (Å²) < 4.78 is 0. The zero-order chi connectivity index (χ0) is 40.4. The van der Waals surface area contributed by atoms with E-state index in [2.05, 4.69) is 249 Å². The van der Waals surface area contributed by atoms with Crippen molar-refractivity contribution in [3.8, 4) is 44.5 Å². The lowest BCUT2D eigenvalue weighted by Gasteiger charge is -2.39. The Morgan fingerprint density at radius 2 is 0.950 bits per heavy atom. The van der Waals surface area contributed by atoms with E-state index in [0.717, 1.165) is 17.1 Å². The molecule has 288 valence electrons. The van der Waals surface area contributed by atoms with Crippen molar-refractivity contribution in [1.82, 2.24) is 0 Å². The van der Waals surface area contributed by atoms with E-state index in [-0.39, 0.29) is 16.9 Å². The SMILES string of the molecule is CC1(C)c2ccccc2-c2cc(N(c3ccc(-c4ccccc4)cc3)c3ccc(-c4ccc5c(c4)C4C=CC=CC4(C)N5c4ccc(-c5ccccc5)cc4)cc3)ccc21. The third-order valence-electron chi connectivity index (χ3n) is 13.3. The summed E-state index contributed by atoms with van der Waals surface area (Å²) in [5.41, 5.74) is 19.7. The summed E-state index contributed by atoms with van der Waals surface area (Å²) in [5, 5.41) is 0. The first-order valence-corrected chi connectivity index (χ1v) is 21.1. The molecule has 0 aromatic heterocycles. The number of fused-ring (bicyclic) bond motifs is 6. The standard InChI is InChI=1S/C58H46N2/c1-57(2)53-19-11-10-18-50(53)51-39-49(34-35-54(51)57)59(46-28-21-42(22-29-46)40-14-6-4-7-15-40)47-30-23-44(24-31-47)45-27-36-56-52(38-45)55-20-12-13-37-58(55,3)60(56)48-32-25-43(26-33-48)41-16-8-5-9-17-41/h4-39,55H,1-3H3. The first kappa shape index (κ1) is 36.0. The molecular formula is C58H46N2. The van der Waals surface area contributed by atoms with E-state index in [9.17, 15) is 0 Å². The van der Waals surface area contributed by atoms with Crippen LogP contribution in [0.1, 0.15) is 43.4 Å². The van der Waals surface area contributed by atoms with Gasteiger partial charge in [0.2, 0.25) is 0 Å². The summed E-state index contributed by atoms with van der Waals surface area (Å²) in [7, 11) is 0. The van der Waals surface area contributed by atoms with Gasteiger partial charge in [-0.3, -0.25) is 0 Å². The van der Waals surface area contributed by atoms with Gasteiger partial charge in [-0.15, -0.1) is 0 Å². The fraction of sp³-hybridized carbons (Fsp3) is 0.103. The molecule has 2 atom stereocenters. The highest BCUT2D eigenvalue weighted by molar-refractivity contribution is 5.88. The summed E-state index contributed by atoms with van der Waals surface area (Å²) in [4.78, 5) is 4.94. The highest BCUT2D eigenvalue weighted by Crippen LogP contribution is 2.55. The Labute approximate surface area is 354 Å². The molecule has 1 heterocycles. The minimum atomic E-state index is -0.212. The van der Waals surface area contributed by atoms with Crippen molar-refractivity contribution in [3.05, 3.63) is 235 Å². The van der Waals surface area contributed by atoms with Crippen LogP contribution < -0.4 is 9.80 Å². The molecular weight excluding hydrogens is 725 g/mol. The number of rotatable bonds is 7. The maximum absolute atomic E-state index is 2.53. The Hall–Kier alpha value is -7.16. The molecule has 0 saturated carbocycles. The van der Waals surface area contributed by atoms with Gasteiger partial charge in [-0.1, -0.05) is 172 Å². The van der Waals surface area contributed by atoms with E-state index in [1.165, 1.54) is 72.6 Å². The zero-order valence-electron chi connectivity index (χ0n) is 34.3. The van der Waals surface area contributed by atoms with Gasteiger partial charge in [0.1, 0.15) is 0 Å². The molecule has 2 unspecified atom stereocenters. The van der Waals surface area contributed by atoms with Crippen LogP contribution in [0, 0.1) is 0 Å². The molecule has 2 aliphatic carbocycles. The van der Waals surface area contributed by atoms with Crippen molar-refractivity contribution in [2.75, 3.05) is 9.80 Å². The van der Waals surface area contributed by atoms with Gasteiger partial charge in [-0.2, -0.15) is 0 Å². The van der Waals surface area contributed by atoms with Crippen LogP contribution in [0.2, 0.25) is 0 Å². The molecule has 0 bridgehead atoms. The minimum Gasteiger partial charge on any atom is -0.331 e. The molecule has 0 N–H and O–H groups in total. The predicted molar refractivity (Wildman–Crippen MR) is 253 cm³/mol. The molecule has 0 fully saturated rings. The predicted octanol–water partition coefficient (Wildman–Crippen LogP) is 15.6. The Bertz CT molecular complexity index is 2940. The number of hydrogen-bond acceptors (Lipinski definition) is 2. The second kappa shape index (κ2) is 14.0. The molecule has 60 heavy (non-hydrogen) atoms. The van der Waals surface area contributed by atoms with Gasteiger partial charge in [-0.25, -0.2) is 0 Å². The molecule has 11 rings (SSSR count). The number of allylic oxidation sites excluding steroid dienone is 2.